The van der Waals surface area contributed by atoms with Crippen LogP contribution in [0.5, 0.6) is 0 Å². The summed E-state index contributed by atoms with van der Waals surface area (Å²) in [6.07, 6.45) is 0.974. The second kappa shape index (κ2) is 10.1. The van der Waals surface area contributed by atoms with Crippen LogP contribution in [0.2, 0.25) is 0 Å². The highest BCUT2D eigenvalue weighted by Gasteiger charge is 2.27. The smallest absolute Gasteiger partial charge is 0.225 e. The van der Waals surface area contributed by atoms with Gasteiger partial charge in [-0.2, -0.15) is 0 Å². The van der Waals surface area contributed by atoms with Gasteiger partial charge < -0.3 is 15.5 Å². The number of halogens is 1. The van der Waals surface area contributed by atoms with Gasteiger partial charge in [0.25, 0.3) is 0 Å². The molecule has 0 aliphatic carbocycles. The number of likely N-dealkylation sites (tertiary alicyclic amines) is 1. The monoisotopic (exact) mass is 450 g/mol. The van der Waals surface area contributed by atoms with E-state index in [-0.39, 0.29) is 41.8 Å². The summed E-state index contributed by atoms with van der Waals surface area (Å²) in [7, 11) is 0. The quantitative estimate of drug-likeness (QED) is 0.412. The van der Waals surface area contributed by atoms with Crippen molar-refractivity contribution in [2.24, 2.45) is 10.9 Å². The van der Waals surface area contributed by atoms with Crippen LogP contribution in [0.1, 0.15) is 32.1 Å². The van der Waals surface area contributed by atoms with Gasteiger partial charge in [-0.1, -0.05) is 19.9 Å². The second-order valence-electron chi connectivity index (χ2n) is 5.84. The summed E-state index contributed by atoms with van der Waals surface area (Å²) in [5, 5.41) is 8.80. The predicted octanol–water partition coefficient (Wildman–Crippen LogP) is 2.68. The molecule has 1 unspecified atom stereocenters. The Balaban J connectivity index is 0.00000264. The maximum atomic E-state index is 12.0. The minimum absolute atomic E-state index is 0. The number of aliphatic imine (C=N–C) groups is 1. The van der Waals surface area contributed by atoms with Crippen LogP contribution >= 0.6 is 35.3 Å². The third-order valence-electron chi connectivity index (χ3n) is 3.65. The average molecular weight is 450 g/mol. The van der Waals surface area contributed by atoms with E-state index in [0.717, 1.165) is 32.0 Å². The first-order valence-corrected chi connectivity index (χ1v) is 8.84. The molecule has 1 aliphatic heterocycles. The number of carbonyl (C=O) groups excluding carboxylic acids is 1. The molecule has 0 bridgehead atoms. The fourth-order valence-electron chi connectivity index (χ4n) is 2.52. The van der Waals surface area contributed by atoms with Crippen molar-refractivity contribution in [1.82, 2.24) is 15.5 Å². The van der Waals surface area contributed by atoms with Crippen molar-refractivity contribution >= 4 is 47.2 Å². The van der Waals surface area contributed by atoms with Gasteiger partial charge in [0.15, 0.2) is 5.96 Å². The van der Waals surface area contributed by atoms with Gasteiger partial charge in [0.2, 0.25) is 5.91 Å². The molecule has 1 saturated heterocycles. The largest absolute Gasteiger partial charge is 0.357 e. The lowest BCUT2D eigenvalue weighted by molar-refractivity contribution is -0.133. The SMILES string of the molecule is CCNC(=NCc1cccs1)NC1CCN(C(=O)C(C)C)C1.I. The summed E-state index contributed by atoms with van der Waals surface area (Å²) in [4.78, 5) is 19.9. The van der Waals surface area contributed by atoms with E-state index in [0.29, 0.717) is 6.54 Å². The molecule has 0 radical (unpaired) electrons. The van der Waals surface area contributed by atoms with Gasteiger partial charge in [-0.05, 0) is 24.8 Å². The molecule has 5 nitrogen and oxygen atoms in total. The number of guanidine groups is 1. The lowest BCUT2D eigenvalue weighted by Gasteiger charge is -2.20. The molecule has 0 spiro atoms. The molecule has 1 atom stereocenters. The summed E-state index contributed by atoms with van der Waals surface area (Å²) in [5.41, 5.74) is 0. The molecular formula is C16H27IN4OS. The van der Waals surface area contributed by atoms with E-state index in [9.17, 15) is 4.79 Å². The van der Waals surface area contributed by atoms with E-state index < -0.39 is 0 Å². The molecule has 0 aromatic carbocycles. The van der Waals surface area contributed by atoms with Crippen molar-refractivity contribution in [1.29, 1.82) is 0 Å². The molecule has 1 aromatic heterocycles. The lowest BCUT2D eigenvalue weighted by atomic mass is 10.2. The molecule has 2 heterocycles. The molecule has 130 valence electrons. The summed E-state index contributed by atoms with van der Waals surface area (Å²) in [6.45, 7) is 9.09. The normalized spacial score (nSPS) is 18.0. The van der Waals surface area contributed by atoms with Gasteiger partial charge in [0, 0.05) is 36.5 Å². The van der Waals surface area contributed by atoms with Crippen molar-refractivity contribution in [3.05, 3.63) is 22.4 Å². The molecule has 1 aliphatic rings. The third kappa shape index (κ3) is 6.29. The van der Waals surface area contributed by atoms with Crippen molar-refractivity contribution < 1.29 is 4.79 Å². The fourth-order valence-corrected chi connectivity index (χ4v) is 3.14. The summed E-state index contributed by atoms with van der Waals surface area (Å²) in [5.74, 6) is 1.14. The first-order chi connectivity index (χ1) is 10.6. The fraction of sp³-hybridized carbons (Fsp3) is 0.625. The number of hydrogen-bond acceptors (Lipinski definition) is 3. The van der Waals surface area contributed by atoms with Crippen LogP contribution in [-0.4, -0.2) is 42.4 Å². The minimum atomic E-state index is 0. The van der Waals surface area contributed by atoms with E-state index in [1.165, 1.54) is 4.88 Å². The first-order valence-electron chi connectivity index (χ1n) is 7.96. The molecule has 23 heavy (non-hydrogen) atoms. The topological polar surface area (TPSA) is 56.7 Å². The van der Waals surface area contributed by atoms with E-state index in [2.05, 4.69) is 34.0 Å². The van der Waals surface area contributed by atoms with E-state index in [4.69, 9.17) is 0 Å². The number of nitrogens with zero attached hydrogens (tertiary/aromatic N) is 2. The number of hydrogen-bond donors (Lipinski definition) is 2. The third-order valence-corrected chi connectivity index (χ3v) is 4.51. The summed E-state index contributed by atoms with van der Waals surface area (Å²) < 4.78 is 0. The average Bonchev–Trinajstić information content (AvgIpc) is 3.15. The summed E-state index contributed by atoms with van der Waals surface area (Å²) >= 11 is 1.72. The van der Waals surface area contributed by atoms with Crippen LogP contribution in [0, 0.1) is 5.92 Å². The molecule has 7 heteroatoms. The van der Waals surface area contributed by atoms with Crippen LogP contribution in [0.4, 0.5) is 0 Å². The summed E-state index contributed by atoms with van der Waals surface area (Å²) in [6, 6.07) is 4.42. The highest BCUT2D eigenvalue weighted by molar-refractivity contribution is 14.0. The van der Waals surface area contributed by atoms with Crippen LogP contribution < -0.4 is 10.6 Å². The van der Waals surface area contributed by atoms with Gasteiger partial charge in [-0.25, -0.2) is 4.99 Å². The minimum Gasteiger partial charge on any atom is -0.357 e. The van der Waals surface area contributed by atoms with Gasteiger partial charge in [-0.3, -0.25) is 4.79 Å². The first kappa shape index (κ1) is 20.2. The van der Waals surface area contributed by atoms with Crippen molar-refractivity contribution in [2.75, 3.05) is 19.6 Å². The molecule has 1 aromatic rings. The number of nitrogens with one attached hydrogen (secondary N) is 2. The molecule has 2 rings (SSSR count). The Kier molecular flexibility index (Phi) is 8.90. The Morgan fingerprint density at radius 3 is 2.91 bits per heavy atom. The highest BCUT2D eigenvalue weighted by atomic mass is 127. The van der Waals surface area contributed by atoms with Crippen molar-refractivity contribution in [2.45, 2.75) is 39.8 Å². The van der Waals surface area contributed by atoms with Gasteiger partial charge in [0.05, 0.1) is 6.54 Å². The standard InChI is InChI=1S/C16H26N4OS.HI/c1-4-17-16(18-10-14-6-5-9-22-14)19-13-7-8-20(11-13)15(21)12(2)3;/h5-6,9,12-13H,4,7-8,10-11H2,1-3H3,(H2,17,18,19);1H. The van der Waals surface area contributed by atoms with E-state index in [1.807, 2.05) is 24.8 Å². The lowest BCUT2D eigenvalue weighted by Crippen LogP contribution is -2.45. The van der Waals surface area contributed by atoms with Crippen molar-refractivity contribution in [3.8, 4) is 0 Å². The maximum absolute atomic E-state index is 12.0. The van der Waals surface area contributed by atoms with Gasteiger partial charge >= 0.3 is 0 Å². The Bertz CT molecular complexity index is 504. The molecular weight excluding hydrogens is 423 g/mol. The van der Waals surface area contributed by atoms with E-state index >= 15 is 0 Å². The second-order valence-corrected chi connectivity index (χ2v) is 6.88. The van der Waals surface area contributed by atoms with Gasteiger partial charge in [-0.15, -0.1) is 35.3 Å². The Morgan fingerprint density at radius 1 is 1.52 bits per heavy atom. The Labute approximate surface area is 160 Å². The van der Waals surface area contributed by atoms with Crippen LogP contribution in [0.25, 0.3) is 0 Å². The Morgan fingerprint density at radius 2 is 2.30 bits per heavy atom. The molecule has 1 fully saturated rings. The predicted molar refractivity (Wildman–Crippen MR) is 108 cm³/mol. The maximum Gasteiger partial charge on any atom is 0.225 e. The van der Waals surface area contributed by atoms with Crippen LogP contribution in [-0.2, 0) is 11.3 Å². The Hall–Kier alpha value is -0.830. The van der Waals surface area contributed by atoms with Crippen LogP contribution in [0.15, 0.2) is 22.5 Å². The highest BCUT2D eigenvalue weighted by Crippen LogP contribution is 2.13. The van der Waals surface area contributed by atoms with E-state index in [1.54, 1.807) is 11.3 Å². The molecule has 0 saturated carbocycles. The zero-order chi connectivity index (χ0) is 15.9. The van der Waals surface area contributed by atoms with Crippen molar-refractivity contribution in [3.63, 3.8) is 0 Å². The number of carbonyl (C=O) groups is 1. The number of rotatable bonds is 5. The van der Waals surface area contributed by atoms with Gasteiger partial charge in [0.1, 0.15) is 0 Å². The molecule has 1 amide bonds. The number of amides is 1. The zero-order valence-electron chi connectivity index (χ0n) is 14.0. The van der Waals surface area contributed by atoms with Crippen LogP contribution in [0.3, 0.4) is 0 Å². The number of thiophene rings is 1. The molecule has 2 N–H and O–H groups in total. The zero-order valence-corrected chi connectivity index (χ0v) is 17.2.